The van der Waals surface area contributed by atoms with Crippen LogP contribution < -0.4 is 16.0 Å². The van der Waals surface area contributed by atoms with Gasteiger partial charge in [0.1, 0.15) is 6.07 Å². The van der Waals surface area contributed by atoms with Crippen molar-refractivity contribution >= 4 is 40.1 Å². The number of carbonyl (C=O) groups is 2. The van der Waals surface area contributed by atoms with E-state index in [1.165, 1.54) is 34.8 Å². The maximum absolute atomic E-state index is 13.3. The average molecular weight is 489 g/mol. The summed E-state index contributed by atoms with van der Waals surface area (Å²) < 4.78 is 12.0. The van der Waals surface area contributed by atoms with Crippen molar-refractivity contribution in [3.05, 3.63) is 48.4 Å². The lowest BCUT2D eigenvalue weighted by atomic mass is 9.95. The Kier molecular flexibility index (Phi) is 5.55. The molecule has 14 heteroatoms. The first-order chi connectivity index (χ1) is 17.3. The van der Waals surface area contributed by atoms with Crippen LogP contribution in [0.4, 0.5) is 17.3 Å². The van der Waals surface area contributed by atoms with E-state index in [1.807, 2.05) is 6.07 Å². The highest BCUT2D eigenvalue weighted by molar-refractivity contribution is 6.06. The number of nitrogens with one attached hydrogen (secondary N) is 1. The van der Waals surface area contributed by atoms with Gasteiger partial charge < -0.3 is 25.4 Å². The van der Waals surface area contributed by atoms with E-state index < -0.39 is 23.5 Å². The molecule has 3 aromatic heterocycles. The number of fused-ring (bicyclic) bond motifs is 1. The number of nitriles is 1. The van der Waals surface area contributed by atoms with Gasteiger partial charge in [-0.05, 0) is 19.1 Å². The fourth-order valence-corrected chi connectivity index (χ4v) is 3.76. The van der Waals surface area contributed by atoms with Crippen LogP contribution in [-0.2, 0) is 14.3 Å². The number of anilines is 3. The van der Waals surface area contributed by atoms with Gasteiger partial charge in [0.05, 0.1) is 30.4 Å². The topological polar surface area (TPSA) is 198 Å². The lowest BCUT2D eigenvalue weighted by Crippen LogP contribution is -2.61. The number of morpholine rings is 1. The van der Waals surface area contributed by atoms with Crippen LogP contribution in [0.2, 0.25) is 0 Å². The molecule has 1 fully saturated rings. The van der Waals surface area contributed by atoms with Gasteiger partial charge in [0.2, 0.25) is 0 Å². The number of ether oxygens (including phenoxy) is 1. The molecule has 4 N–H and O–H groups in total. The Labute approximate surface area is 202 Å². The minimum atomic E-state index is -2.22. The average Bonchev–Trinajstić information content (AvgIpc) is 3.51. The third kappa shape index (κ3) is 3.98. The van der Waals surface area contributed by atoms with Crippen LogP contribution in [0.1, 0.15) is 12.6 Å². The first-order valence-corrected chi connectivity index (χ1v) is 10.7. The number of benzene rings is 1. The Hall–Kier alpha value is -4.87. The molecule has 5 rings (SSSR count). The number of amides is 2. The molecule has 1 aliphatic heterocycles. The third-order valence-corrected chi connectivity index (χ3v) is 5.69. The number of carbonyl (C=O) groups excluding carboxylic acids is 2. The van der Waals surface area contributed by atoms with E-state index in [0.29, 0.717) is 22.3 Å². The van der Waals surface area contributed by atoms with Gasteiger partial charge in [-0.3, -0.25) is 14.5 Å². The summed E-state index contributed by atoms with van der Waals surface area (Å²) >= 11 is 0. The van der Waals surface area contributed by atoms with Crippen LogP contribution in [0.15, 0.2) is 47.2 Å². The molecule has 14 nitrogen and oxygen atoms in total. The molecular weight excluding hydrogens is 470 g/mol. The normalized spacial score (nSPS) is 17.5. The smallest absolute Gasteiger partial charge is 0.260 e. The van der Waals surface area contributed by atoms with Gasteiger partial charge in [0.25, 0.3) is 11.8 Å². The first kappa shape index (κ1) is 22.9. The van der Waals surface area contributed by atoms with Gasteiger partial charge >= 0.3 is 0 Å². The highest BCUT2D eigenvalue weighted by Gasteiger charge is 2.48. The van der Waals surface area contributed by atoms with Crippen molar-refractivity contribution in [3.63, 3.8) is 0 Å². The molecule has 1 aliphatic rings. The third-order valence-electron chi connectivity index (χ3n) is 5.69. The summed E-state index contributed by atoms with van der Waals surface area (Å²) in [6.07, 6.45) is 1.51. The highest BCUT2D eigenvalue weighted by atomic mass is 16.5. The number of rotatable bonds is 5. The predicted octanol–water partition coefficient (Wildman–Crippen LogP) is 0.379. The number of aliphatic hydroxyl groups is 1. The number of hydrogen-bond donors (Lipinski definition) is 3. The zero-order chi connectivity index (χ0) is 25.4. The second-order valence-corrected chi connectivity index (χ2v) is 8.15. The molecule has 4 heterocycles. The number of nitrogen functional groups attached to an aromatic ring is 1. The maximum Gasteiger partial charge on any atom is 0.260 e. The Bertz CT molecular complexity index is 1520. The summed E-state index contributed by atoms with van der Waals surface area (Å²) in [5.74, 6) is -1.01. The molecule has 182 valence electrons. The van der Waals surface area contributed by atoms with Crippen LogP contribution in [0, 0.1) is 11.3 Å². The Balaban J connectivity index is 1.34. The number of aromatic nitrogens is 5. The molecule has 1 aromatic carbocycles. The summed E-state index contributed by atoms with van der Waals surface area (Å²) in [6.45, 7) is 1.42. The summed E-state index contributed by atoms with van der Waals surface area (Å²) in [6, 6.07) is 9.66. The standard InChI is InChI=1S/C22H19N9O5/c1-22(34,21(33)26-12-2-3-15-16(9-12)36-29-19(15)24)18-20(32)30(6-7-35-18)17-4-5-31(28-17)14-8-13(10-23)27-25-11-14/h2-5,8-9,11,18,34H,6-7H2,1H3,(H2,24,29)(H,26,33). The van der Waals surface area contributed by atoms with E-state index in [2.05, 4.69) is 25.8 Å². The van der Waals surface area contributed by atoms with Gasteiger partial charge in [-0.25, -0.2) is 4.68 Å². The molecule has 0 bridgehead atoms. The lowest BCUT2D eigenvalue weighted by molar-refractivity contribution is -0.165. The number of hydrogen-bond acceptors (Lipinski definition) is 11. The van der Waals surface area contributed by atoms with Gasteiger partial charge in [-0.1, -0.05) is 5.16 Å². The van der Waals surface area contributed by atoms with Gasteiger partial charge in [-0.2, -0.15) is 10.4 Å². The van der Waals surface area contributed by atoms with Gasteiger partial charge in [-0.15, -0.1) is 10.2 Å². The van der Waals surface area contributed by atoms with Crippen LogP contribution in [-0.4, -0.2) is 66.9 Å². The van der Waals surface area contributed by atoms with Crippen LogP contribution in [0.25, 0.3) is 16.7 Å². The Morgan fingerprint density at radius 3 is 3.00 bits per heavy atom. The number of nitrogens with zero attached hydrogens (tertiary/aromatic N) is 7. The molecule has 0 saturated carbocycles. The summed E-state index contributed by atoms with van der Waals surface area (Å²) in [5, 5.41) is 38.7. The minimum Gasteiger partial charge on any atom is -0.380 e. The van der Waals surface area contributed by atoms with Crippen molar-refractivity contribution in [2.75, 3.05) is 29.1 Å². The van der Waals surface area contributed by atoms with E-state index >= 15 is 0 Å². The van der Waals surface area contributed by atoms with E-state index in [0.717, 1.165) is 0 Å². The fourth-order valence-electron chi connectivity index (χ4n) is 3.76. The molecule has 36 heavy (non-hydrogen) atoms. The van der Waals surface area contributed by atoms with Crippen LogP contribution in [0.3, 0.4) is 0 Å². The maximum atomic E-state index is 13.3. The second kappa shape index (κ2) is 8.73. The van der Waals surface area contributed by atoms with Crippen molar-refractivity contribution in [1.29, 1.82) is 5.26 Å². The predicted molar refractivity (Wildman–Crippen MR) is 124 cm³/mol. The molecule has 2 unspecified atom stereocenters. The van der Waals surface area contributed by atoms with Crippen molar-refractivity contribution < 1.29 is 24.0 Å². The van der Waals surface area contributed by atoms with Crippen LogP contribution in [0.5, 0.6) is 0 Å². The number of nitrogens with two attached hydrogens (primary N) is 1. The molecule has 0 spiro atoms. The molecule has 2 amide bonds. The molecule has 0 aliphatic carbocycles. The fraction of sp³-hybridized carbons (Fsp3) is 0.227. The molecule has 1 saturated heterocycles. The summed E-state index contributed by atoms with van der Waals surface area (Å²) in [5.41, 5.74) is 4.73. The van der Waals surface area contributed by atoms with Crippen molar-refractivity contribution in [3.8, 4) is 11.8 Å². The second-order valence-electron chi connectivity index (χ2n) is 8.15. The SMILES string of the molecule is CC(O)(C(=O)Nc1ccc2c(N)noc2c1)C1OCCN(c2ccn(-c3cnnc(C#N)c3)n2)C1=O. The van der Waals surface area contributed by atoms with Crippen molar-refractivity contribution in [2.45, 2.75) is 18.6 Å². The quantitative estimate of drug-likeness (QED) is 0.350. The van der Waals surface area contributed by atoms with Gasteiger partial charge in [0, 0.05) is 30.1 Å². The summed E-state index contributed by atoms with van der Waals surface area (Å²) in [7, 11) is 0. The van der Waals surface area contributed by atoms with E-state index in [1.54, 1.807) is 24.4 Å². The van der Waals surface area contributed by atoms with Crippen molar-refractivity contribution in [2.24, 2.45) is 0 Å². The minimum absolute atomic E-state index is 0.0609. The molecule has 4 aromatic rings. The monoisotopic (exact) mass is 489 g/mol. The Morgan fingerprint density at radius 1 is 1.36 bits per heavy atom. The van der Waals surface area contributed by atoms with E-state index in [-0.39, 0.29) is 30.5 Å². The first-order valence-electron chi connectivity index (χ1n) is 10.7. The van der Waals surface area contributed by atoms with Crippen molar-refractivity contribution in [1.82, 2.24) is 25.1 Å². The van der Waals surface area contributed by atoms with E-state index in [4.69, 9.17) is 20.3 Å². The lowest BCUT2D eigenvalue weighted by Gasteiger charge is -2.37. The molecule has 0 radical (unpaired) electrons. The largest absolute Gasteiger partial charge is 0.380 e. The Morgan fingerprint density at radius 2 is 2.19 bits per heavy atom. The molecular formula is C22H19N9O5. The highest BCUT2D eigenvalue weighted by Crippen LogP contribution is 2.27. The van der Waals surface area contributed by atoms with Crippen LogP contribution >= 0.6 is 0 Å². The zero-order valence-corrected chi connectivity index (χ0v) is 18.8. The summed E-state index contributed by atoms with van der Waals surface area (Å²) in [4.78, 5) is 27.5. The molecule has 2 atom stereocenters. The van der Waals surface area contributed by atoms with Gasteiger partial charge in [0.15, 0.2) is 34.6 Å². The van der Waals surface area contributed by atoms with E-state index in [9.17, 15) is 14.7 Å². The zero-order valence-electron chi connectivity index (χ0n) is 18.8.